The first-order chi connectivity index (χ1) is 13.0. The molecule has 0 aliphatic carbocycles. The van der Waals surface area contributed by atoms with Crippen LogP contribution in [0, 0.1) is 17.6 Å². The first-order valence-corrected chi connectivity index (χ1v) is 9.17. The zero-order valence-electron chi connectivity index (χ0n) is 14.7. The molecular weight excluding hydrogens is 378 g/mol. The van der Waals surface area contributed by atoms with E-state index >= 15 is 0 Å². The number of hydrogen-bond acceptors (Lipinski definition) is 5. The fourth-order valence-corrected chi connectivity index (χ4v) is 3.39. The topological polar surface area (TPSA) is 70.4 Å². The number of piperidine rings is 1. The van der Waals surface area contributed by atoms with Crippen LogP contribution in [0.15, 0.2) is 29.2 Å². The minimum absolute atomic E-state index is 0.0913. The third kappa shape index (κ3) is 4.63. The number of likely N-dealkylation sites (tertiary alicyclic amines) is 1. The highest BCUT2D eigenvalue weighted by Crippen LogP contribution is 2.21. The van der Waals surface area contributed by atoms with Crippen molar-refractivity contribution in [2.75, 3.05) is 38.1 Å². The van der Waals surface area contributed by atoms with Gasteiger partial charge in [-0.05, 0) is 44.0 Å². The average Bonchev–Trinajstić information content (AvgIpc) is 2.65. The number of aliphatic hydroxyl groups is 1. The summed E-state index contributed by atoms with van der Waals surface area (Å²) in [5.74, 6) is -1.21. The molecule has 1 fully saturated rings. The smallest absolute Gasteiger partial charge is 0.292 e. The van der Waals surface area contributed by atoms with E-state index in [1.807, 2.05) is 0 Å². The van der Waals surface area contributed by atoms with Gasteiger partial charge < -0.3 is 15.3 Å². The van der Waals surface area contributed by atoms with E-state index in [4.69, 9.17) is 16.7 Å². The van der Waals surface area contributed by atoms with Crippen LogP contribution in [0.25, 0.3) is 5.69 Å². The highest BCUT2D eigenvalue weighted by Gasteiger charge is 2.20. The summed E-state index contributed by atoms with van der Waals surface area (Å²) in [5, 5.41) is 16.0. The maximum absolute atomic E-state index is 13.9. The van der Waals surface area contributed by atoms with Gasteiger partial charge in [0.2, 0.25) is 0 Å². The van der Waals surface area contributed by atoms with Crippen molar-refractivity contribution >= 4 is 17.3 Å². The molecule has 1 aliphatic heterocycles. The molecule has 6 nitrogen and oxygen atoms in total. The van der Waals surface area contributed by atoms with Gasteiger partial charge in [0.25, 0.3) is 5.56 Å². The van der Waals surface area contributed by atoms with Gasteiger partial charge in [-0.1, -0.05) is 11.6 Å². The number of rotatable bonds is 6. The zero-order valence-corrected chi connectivity index (χ0v) is 15.4. The fraction of sp³-hybridized carbons (Fsp3) is 0.444. The van der Waals surface area contributed by atoms with Crippen molar-refractivity contribution in [3.8, 4) is 5.69 Å². The molecule has 0 amide bonds. The summed E-state index contributed by atoms with van der Waals surface area (Å²) < 4.78 is 27.8. The van der Waals surface area contributed by atoms with Gasteiger partial charge in [0.15, 0.2) is 5.82 Å². The minimum atomic E-state index is -0.893. The minimum Gasteiger partial charge on any atom is -0.395 e. The molecule has 2 heterocycles. The molecule has 0 unspecified atom stereocenters. The van der Waals surface area contributed by atoms with E-state index in [-0.39, 0.29) is 17.3 Å². The van der Waals surface area contributed by atoms with Crippen molar-refractivity contribution in [2.45, 2.75) is 12.8 Å². The summed E-state index contributed by atoms with van der Waals surface area (Å²) in [5.41, 5.74) is -0.450. The molecule has 0 radical (unpaired) electrons. The third-order valence-corrected chi connectivity index (χ3v) is 5.13. The SMILES string of the molecule is O=c1c(Cl)c(NCC2CCN(CCO)CC2)cnn1-c1ccc(F)cc1F. The van der Waals surface area contributed by atoms with Crippen molar-refractivity contribution in [1.29, 1.82) is 0 Å². The van der Waals surface area contributed by atoms with Crippen LogP contribution in [0.2, 0.25) is 5.02 Å². The van der Waals surface area contributed by atoms with Gasteiger partial charge in [-0.25, -0.2) is 8.78 Å². The van der Waals surface area contributed by atoms with Crippen molar-refractivity contribution in [3.05, 3.63) is 51.4 Å². The van der Waals surface area contributed by atoms with Crippen LogP contribution in [0.1, 0.15) is 12.8 Å². The van der Waals surface area contributed by atoms with Crippen molar-refractivity contribution in [3.63, 3.8) is 0 Å². The second kappa shape index (κ2) is 8.77. The molecule has 1 saturated heterocycles. The first-order valence-electron chi connectivity index (χ1n) is 8.80. The van der Waals surface area contributed by atoms with Gasteiger partial charge >= 0.3 is 0 Å². The summed E-state index contributed by atoms with van der Waals surface area (Å²) in [7, 11) is 0. The van der Waals surface area contributed by atoms with E-state index in [1.54, 1.807) is 0 Å². The highest BCUT2D eigenvalue weighted by molar-refractivity contribution is 6.32. The standard InChI is InChI=1S/C18H21ClF2N4O2/c19-17-15(22-10-12-3-5-24(6-4-12)7-8-26)11-23-25(18(17)27)16-2-1-13(20)9-14(16)21/h1-2,9,11-12,22,26H,3-8,10H2. The quantitative estimate of drug-likeness (QED) is 0.781. The van der Waals surface area contributed by atoms with E-state index in [2.05, 4.69) is 15.3 Å². The fourth-order valence-electron chi connectivity index (χ4n) is 3.19. The molecule has 0 spiro atoms. The van der Waals surface area contributed by atoms with E-state index in [0.29, 0.717) is 30.8 Å². The lowest BCUT2D eigenvalue weighted by Crippen LogP contribution is -2.37. The lowest BCUT2D eigenvalue weighted by atomic mass is 9.97. The molecule has 0 bridgehead atoms. The van der Waals surface area contributed by atoms with Crippen molar-refractivity contribution < 1.29 is 13.9 Å². The molecule has 146 valence electrons. The van der Waals surface area contributed by atoms with Gasteiger partial charge in [-0.2, -0.15) is 9.78 Å². The monoisotopic (exact) mass is 398 g/mol. The van der Waals surface area contributed by atoms with Gasteiger partial charge in [0.1, 0.15) is 16.5 Å². The van der Waals surface area contributed by atoms with Crippen LogP contribution in [0.3, 0.4) is 0 Å². The molecule has 2 N–H and O–H groups in total. The first kappa shape index (κ1) is 19.7. The van der Waals surface area contributed by atoms with E-state index in [1.165, 1.54) is 6.20 Å². The number of nitrogens with one attached hydrogen (secondary N) is 1. The normalized spacial score (nSPS) is 15.9. The Morgan fingerprint density at radius 2 is 2.04 bits per heavy atom. The van der Waals surface area contributed by atoms with Gasteiger partial charge in [0, 0.05) is 19.2 Å². The molecular formula is C18H21ClF2N4O2. The number of β-amino-alcohol motifs (C(OH)–C–C–N with tert-alkyl or cyclic N) is 1. The molecule has 0 saturated carbocycles. The molecule has 2 aromatic rings. The van der Waals surface area contributed by atoms with Crippen molar-refractivity contribution in [1.82, 2.24) is 14.7 Å². The molecule has 27 heavy (non-hydrogen) atoms. The number of aromatic nitrogens is 2. The van der Waals surface area contributed by atoms with Crippen LogP contribution in [0.5, 0.6) is 0 Å². The predicted octanol–water partition coefficient (Wildman–Crippen LogP) is 2.28. The predicted molar refractivity (Wildman–Crippen MR) is 99.5 cm³/mol. The number of nitrogens with zero attached hydrogens (tertiary/aromatic N) is 3. The number of aliphatic hydroxyl groups excluding tert-OH is 1. The van der Waals surface area contributed by atoms with Crippen molar-refractivity contribution in [2.24, 2.45) is 5.92 Å². The van der Waals surface area contributed by atoms with Crippen LogP contribution >= 0.6 is 11.6 Å². The number of halogens is 3. The molecule has 1 aromatic carbocycles. The molecule has 9 heteroatoms. The second-order valence-corrected chi connectivity index (χ2v) is 6.95. The van der Waals surface area contributed by atoms with E-state index in [9.17, 15) is 13.6 Å². The lowest BCUT2D eigenvalue weighted by molar-refractivity contribution is 0.151. The van der Waals surface area contributed by atoms with Gasteiger partial charge in [-0.15, -0.1) is 0 Å². The molecule has 0 atom stereocenters. The largest absolute Gasteiger partial charge is 0.395 e. The Morgan fingerprint density at radius 1 is 1.30 bits per heavy atom. The summed E-state index contributed by atoms with van der Waals surface area (Å²) >= 11 is 6.15. The molecule has 1 aliphatic rings. The maximum atomic E-state index is 13.9. The Morgan fingerprint density at radius 3 is 2.70 bits per heavy atom. The summed E-state index contributed by atoms with van der Waals surface area (Å²) in [4.78, 5) is 14.6. The molecule has 3 rings (SSSR count). The number of benzene rings is 1. The second-order valence-electron chi connectivity index (χ2n) is 6.57. The lowest BCUT2D eigenvalue weighted by Gasteiger charge is -2.31. The summed E-state index contributed by atoms with van der Waals surface area (Å²) in [6.45, 7) is 3.33. The Balaban J connectivity index is 1.68. The van der Waals surface area contributed by atoms with Crippen LogP contribution in [-0.2, 0) is 0 Å². The van der Waals surface area contributed by atoms with Crippen LogP contribution < -0.4 is 10.9 Å². The average molecular weight is 399 g/mol. The third-order valence-electron chi connectivity index (χ3n) is 4.76. The van der Waals surface area contributed by atoms with Crippen LogP contribution in [-0.4, -0.2) is 52.6 Å². The number of anilines is 1. The van der Waals surface area contributed by atoms with Gasteiger partial charge in [0.05, 0.1) is 18.5 Å². The van der Waals surface area contributed by atoms with E-state index < -0.39 is 17.2 Å². The summed E-state index contributed by atoms with van der Waals surface area (Å²) in [6, 6.07) is 2.88. The van der Waals surface area contributed by atoms with Crippen LogP contribution in [0.4, 0.5) is 14.5 Å². The highest BCUT2D eigenvalue weighted by atomic mass is 35.5. The summed E-state index contributed by atoms with van der Waals surface area (Å²) in [6.07, 6.45) is 3.33. The number of hydrogen-bond donors (Lipinski definition) is 2. The maximum Gasteiger partial charge on any atom is 0.292 e. The Kier molecular flexibility index (Phi) is 6.41. The van der Waals surface area contributed by atoms with Gasteiger partial charge in [-0.3, -0.25) is 4.79 Å². The van der Waals surface area contributed by atoms with E-state index in [0.717, 1.165) is 42.7 Å². The Bertz CT molecular complexity index is 854. The molecule has 1 aromatic heterocycles. The Hall–Kier alpha value is -2.03. The Labute approximate surface area is 160 Å². The zero-order chi connectivity index (χ0) is 19.4.